The van der Waals surface area contributed by atoms with Crippen molar-refractivity contribution in [3.8, 4) is 0 Å². The van der Waals surface area contributed by atoms with Crippen molar-refractivity contribution in [2.75, 3.05) is 10.5 Å². The van der Waals surface area contributed by atoms with Gasteiger partial charge in [-0.1, -0.05) is 15.9 Å². The lowest BCUT2D eigenvalue weighted by molar-refractivity contribution is 0.601. The van der Waals surface area contributed by atoms with Crippen LogP contribution in [0.3, 0.4) is 0 Å². The van der Waals surface area contributed by atoms with E-state index in [4.69, 9.17) is 5.73 Å². The van der Waals surface area contributed by atoms with Crippen LogP contribution < -0.4 is 10.5 Å². The van der Waals surface area contributed by atoms with E-state index in [1.807, 2.05) is 6.92 Å². The van der Waals surface area contributed by atoms with E-state index in [1.165, 1.54) is 6.07 Å². The lowest BCUT2D eigenvalue weighted by Crippen LogP contribution is -2.13. The molecule has 0 amide bonds. The van der Waals surface area contributed by atoms with E-state index in [9.17, 15) is 8.42 Å². The zero-order chi connectivity index (χ0) is 14.9. The van der Waals surface area contributed by atoms with Gasteiger partial charge in [-0.15, -0.1) is 0 Å². The normalized spacial score (nSPS) is 11.3. The van der Waals surface area contributed by atoms with Crippen molar-refractivity contribution in [2.24, 2.45) is 0 Å². The summed E-state index contributed by atoms with van der Waals surface area (Å²) < 4.78 is 28.1. The standard InChI is InChI=1S/C14H15BrN2O2S/c1-9-5-11(16)8-13(6-9)20(18,19)17-12-3-4-14(15)10(2)7-12/h3-8,17H,16H2,1-2H3. The molecule has 0 unspecified atom stereocenters. The maximum atomic E-state index is 12.3. The predicted molar refractivity (Wildman–Crippen MR) is 85.3 cm³/mol. The number of hydrogen-bond acceptors (Lipinski definition) is 3. The van der Waals surface area contributed by atoms with E-state index < -0.39 is 10.0 Å². The summed E-state index contributed by atoms with van der Waals surface area (Å²) in [5, 5.41) is 0. The lowest BCUT2D eigenvalue weighted by atomic mass is 10.2. The first-order chi connectivity index (χ1) is 9.28. The predicted octanol–water partition coefficient (Wildman–Crippen LogP) is 3.45. The first-order valence-electron chi connectivity index (χ1n) is 5.94. The fraction of sp³-hybridized carbons (Fsp3) is 0.143. The molecule has 6 heteroatoms. The summed E-state index contributed by atoms with van der Waals surface area (Å²) in [5.41, 5.74) is 8.40. The van der Waals surface area contributed by atoms with Crippen molar-refractivity contribution in [1.29, 1.82) is 0 Å². The van der Waals surface area contributed by atoms with E-state index in [0.29, 0.717) is 11.4 Å². The Kier molecular flexibility index (Phi) is 4.06. The van der Waals surface area contributed by atoms with E-state index in [-0.39, 0.29) is 4.90 Å². The Labute approximate surface area is 127 Å². The molecule has 4 nitrogen and oxygen atoms in total. The molecule has 106 valence electrons. The molecular formula is C14H15BrN2O2S. The third kappa shape index (κ3) is 3.32. The van der Waals surface area contributed by atoms with Crippen molar-refractivity contribution in [3.63, 3.8) is 0 Å². The zero-order valence-electron chi connectivity index (χ0n) is 11.1. The van der Waals surface area contributed by atoms with E-state index >= 15 is 0 Å². The molecule has 0 spiro atoms. The monoisotopic (exact) mass is 354 g/mol. The smallest absolute Gasteiger partial charge is 0.261 e. The molecule has 0 heterocycles. The molecule has 0 saturated carbocycles. The molecule has 3 N–H and O–H groups in total. The van der Waals surface area contributed by atoms with E-state index in [2.05, 4.69) is 20.7 Å². The fourth-order valence-corrected chi connectivity index (χ4v) is 3.29. The van der Waals surface area contributed by atoms with Crippen molar-refractivity contribution in [3.05, 3.63) is 52.0 Å². The Hall–Kier alpha value is -1.53. The largest absolute Gasteiger partial charge is 0.399 e. The highest BCUT2D eigenvalue weighted by molar-refractivity contribution is 9.10. The van der Waals surface area contributed by atoms with Gasteiger partial charge in [-0.05, 0) is 61.4 Å². The molecule has 20 heavy (non-hydrogen) atoms. The summed E-state index contributed by atoms with van der Waals surface area (Å²) in [6.45, 7) is 3.70. The minimum absolute atomic E-state index is 0.163. The Balaban J connectivity index is 2.37. The molecule has 0 aliphatic carbocycles. The van der Waals surface area contributed by atoms with Gasteiger partial charge in [0.05, 0.1) is 4.90 Å². The van der Waals surface area contributed by atoms with Crippen molar-refractivity contribution >= 4 is 37.3 Å². The SMILES string of the molecule is Cc1cc(N)cc(S(=O)(=O)Nc2ccc(Br)c(C)c2)c1. The van der Waals surface area contributed by atoms with Gasteiger partial charge >= 0.3 is 0 Å². The Bertz CT molecular complexity index is 738. The van der Waals surface area contributed by atoms with E-state index in [0.717, 1.165) is 15.6 Å². The molecule has 0 aromatic heterocycles. The van der Waals surface area contributed by atoms with Crippen molar-refractivity contribution < 1.29 is 8.42 Å². The number of anilines is 2. The summed E-state index contributed by atoms with van der Waals surface area (Å²) in [5.74, 6) is 0. The van der Waals surface area contributed by atoms with Gasteiger partial charge < -0.3 is 5.73 Å². The van der Waals surface area contributed by atoms with Crippen LogP contribution in [0, 0.1) is 13.8 Å². The summed E-state index contributed by atoms with van der Waals surface area (Å²) in [6.07, 6.45) is 0. The maximum Gasteiger partial charge on any atom is 0.261 e. The van der Waals surface area contributed by atoms with Gasteiger partial charge in [0, 0.05) is 15.8 Å². The molecule has 2 aromatic carbocycles. The van der Waals surface area contributed by atoms with Crippen LogP contribution in [0.15, 0.2) is 45.8 Å². The molecule has 0 radical (unpaired) electrons. The van der Waals surface area contributed by atoms with E-state index in [1.54, 1.807) is 37.3 Å². The highest BCUT2D eigenvalue weighted by Crippen LogP contribution is 2.23. The summed E-state index contributed by atoms with van der Waals surface area (Å²) >= 11 is 3.38. The van der Waals surface area contributed by atoms with Crippen LogP contribution in [-0.2, 0) is 10.0 Å². The number of aryl methyl sites for hydroxylation is 2. The van der Waals surface area contributed by atoms with Gasteiger partial charge in [0.15, 0.2) is 0 Å². The van der Waals surface area contributed by atoms with Gasteiger partial charge in [-0.2, -0.15) is 0 Å². The topological polar surface area (TPSA) is 72.2 Å². The zero-order valence-corrected chi connectivity index (χ0v) is 13.5. The van der Waals surface area contributed by atoms with Crippen LogP contribution in [0.1, 0.15) is 11.1 Å². The van der Waals surface area contributed by atoms with Gasteiger partial charge in [-0.3, -0.25) is 4.72 Å². The van der Waals surface area contributed by atoms with Gasteiger partial charge in [0.25, 0.3) is 10.0 Å². The second-order valence-corrected chi connectivity index (χ2v) is 7.19. The fourth-order valence-electron chi connectivity index (χ4n) is 1.85. The Morgan fingerprint density at radius 2 is 1.80 bits per heavy atom. The highest BCUT2D eigenvalue weighted by atomic mass is 79.9. The van der Waals surface area contributed by atoms with Crippen LogP contribution >= 0.6 is 15.9 Å². The molecule has 0 atom stereocenters. The molecule has 0 fully saturated rings. The lowest BCUT2D eigenvalue weighted by Gasteiger charge is -2.10. The molecule has 0 bridgehead atoms. The van der Waals surface area contributed by atoms with Gasteiger partial charge in [-0.25, -0.2) is 8.42 Å². The Morgan fingerprint density at radius 1 is 1.10 bits per heavy atom. The average Bonchev–Trinajstić information content (AvgIpc) is 2.32. The number of benzene rings is 2. The first-order valence-corrected chi connectivity index (χ1v) is 8.22. The number of halogens is 1. The van der Waals surface area contributed by atoms with Crippen molar-refractivity contribution in [1.82, 2.24) is 0 Å². The first kappa shape index (κ1) is 14.9. The Morgan fingerprint density at radius 3 is 2.40 bits per heavy atom. The summed E-state index contributed by atoms with van der Waals surface area (Å²) in [7, 11) is -3.63. The average molecular weight is 355 g/mol. The molecular weight excluding hydrogens is 340 g/mol. The van der Waals surface area contributed by atoms with Gasteiger partial charge in [0.1, 0.15) is 0 Å². The second kappa shape index (κ2) is 5.46. The molecule has 0 saturated heterocycles. The van der Waals surface area contributed by atoms with Crippen LogP contribution in [0.25, 0.3) is 0 Å². The summed E-state index contributed by atoms with van der Waals surface area (Å²) in [6, 6.07) is 10.0. The number of nitrogens with one attached hydrogen (secondary N) is 1. The number of nitrogen functional groups attached to an aromatic ring is 1. The third-order valence-corrected chi connectivity index (χ3v) is 5.04. The minimum atomic E-state index is -3.63. The maximum absolute atomic E-state index is 12.3. The molecule has 0 aliphatic heterocycles. The van der Waals surface area contributed by atoms with Crippen LogP contribution in [0.5, 0.6) is 0 Å². The summed E-state index contributed by atoms with van der Waals surface area (Å²) in [4.78, 5) is 0.163. The number of sulfonamides is 1. The third-order valence-electron chi connectivity index (χ3n) is 2.79. The number of nitrogens with two attached hydrogens (primary N) is 1. The van der Waals surface area contributed by atoms with Gasteiger partial charge in [0.2, 0.25) is 0 Å². The number of hydrogen-bond donors (Lipinski definition) is 2. The molecule has 0 aliphatic rings. The molecule has 2 aromatic rings. The van der Waals surface area contributed by atoms with Crippen LogP contribution in [0.2, 0.25) is 0 Å². The minimum Gasteiger partial charge on any atom is -0.399 e. The van der Waals surface area contributed by atoms with Crippen LogP contribution in [-0.4, -0.2) is 8.42 Å². The van der Waals surface area contributed by atoms with Crippen molar-refractivity contribution in [2.45, 2.75) is 18.7 Å². The highest BCUT2D eigenvalue weighted by Gasteiger charge is 2.15. The molecule has 2 rings (SSSR count). The quantitative estimate of drug-likeness (QED) is 0.829. The number of rotatable bonds is 3. The second-order valence-electron chi connectivity index (χ2n) is 4.65. The van der Waals surface area contributed by atoms with Crippen LogP contribution in [0.4, 0.5) is 11.4 Å².